The smallest absolute Gasteiger partial charge is 0.305 e. The van der Waals surface area contributed by atoms with Gasteiger partial charge in [0.25, 0.3) is 0 Å². The van der Waals surface area contributed by atoms with Crippen LogP contribution >= 0.6 is 11.6 Å². The van der Waals surface area contributed by atoms with Gasteiger partial charge < -0.3 is 17.0 Å². The largest absolute Gasteiger partial charge is 0.481 e. The van der Waals surface area contributed by atoms with Crippen molar-refractivity contribution in [2.24, 2.45) is 5.73 Å². The van der Waals surface area contributed by atoms with Crippen LogP contribution in [0.5, 0.6) is 0 Å². The monoisotopic (exact) mass is 216 g/mol. The molecule has 5 heteroatoms. The van der Waals surface area contributed by atoms with Crippen molar-refractivity contribution < 1.29 is 9.90 Å². The molecule has 14 heavy (non-hydrogen) atoms. The molecule has 1 rings (SSSR count). The zero-order chi connectivity index (χ0) is 9.84. The number of carboxylic acid groups (broad SMARTS) is 1. The number of hydrogen-bond acceptors (Lipinski definition) is 3. The number of carbonyl (C=O) groups is 1. The molecule has 0 spiro atoms. The minimum atomic E-state index is -0.901. The van der Waals surface area contributed by atoms with Gasteiger partial charge in [-0.05, 0) is 17.7 Å². The lowest BCUT2D eigenvalue weighted by molar-refractivity contribution is -0.137. The van der Waals surface area contributed by atoms with E-state index in [-0.39, 0.29) is 12.6 Å². The molecular weight excluding hydrogens is 204 g/mol. The van der Waals surface area contributed by atoms with E-state index in [4.69, 9.17) is 22.4 Å². The fourth-order valence-electron chi connectivity index (χ4n) is 1.02. The number of halogens is 1. The maximum Gasteiger partial charge on any atom is 0.305 e. The summed E-state index contributed by atoms with van der Waals surface area (Å²) in [6.45, 7) is 0. The van der Waals surface area contributed by atoms with Gasteiger partial charge in [-0.2, -0.15) is 0 Å². The second-order valence-electron chi connectivity index (χ2n) is 2.76. The molecule has 0 radical (unpaired) electrons. The molecule has 0 saturated carbocycles. The van der Waals surface area contributed by atoms with Crippen LogP contribution in [0, 0.1) is 0 Å². The van der Waals surface area contributed by atoms with Crippen molar-refractivity contribution in [3.05, 3.63) is 34.9 Å². The van der Waals surface area contributed by atoms with Gasteiger partial charge in [0.05, 0.1) is 6.42 Å². The van der Waals surface area contributed by atoms with Crippen LogP contribution in [0.1, 0.15) is 18.0 Å². The molecule has 1 aromatic carbocycles. The zero-order valence-electron chi connectivity index (χ0n) is 7.61. The average Bonchev–Trinajstić information content (AvgIpc) is 2.04. The summed E-state index contributed by atoms with van der Waals surface area (Å²) in [4.78, 5) is 10.3. The topological polar surface area (TPSA) is 98.3 Å². The average molecular weight is 217 g/mol. The first-order chi connectivity index (χ1) is 6.09. The summed E-state index contributed by atoms with van der Waals surface area (Å²) in [5, 5.41) is 9.11. The van der Waals surface area contributed by atoms with Crippen molar-refractivity contribution in [1.82, 2.24) is 6.15 Å². The van der Waals surface area contributed by atoms with Crippen LogP contribution in [0.2, 0.25) is 5.02 Å². The molecule has 0 aromatic heterocycles. The highest BCUT2D eigenvalue weighted by atomic mass is 35.5. The summed E-state index contributed by atoms with van der Waals surface area (Å²) in [6, 6.07) is 6.39. The Morgan fingerprint density at radius 2 is 1.93 bits per heavy atom. The third-order valence-electron chi connectivity index (χ3n) is 1.69. The Morgan fingerprint density at radius 3 is 2.36 bits per heavy atom. The fraction of sp³-hybridized carbons (Fsp3) is 0.222. The Labute approximate surface area is 87.3 Å². The first kappa shape index (κ1) is 12.9. The molecule has 1 aromatic rings. The lowest BCUT2D eigenvalue weighted by atomic mass is 10.1. The fourth-order valence-corrected chi connectivity index (χ4v) is 1.14. The predicted molar refractivity (Wildman–Crippen MR) is 55.7 cm³/mol. The summed E-state index contributed by atoms with van der Waals surface area (Å²) < 4.78 is 0. The Kier molecular flexibility index (Phi) is 5.15. The molecule has 1 atom stereocenters. The third-order valence-corrected chi connectivity index (χ3v) is 1.94. The number of carboxylic acids is 1. The normalized spacial score (nSPS) is 11.6. The van der Waals surface area contributed by atoms with Crippen molar-refractivity contribution in [3.8, 4) is 0 Å². The standard InChI is InChI=1S/C9H10ClNO2.H3N/c10-7-3-1-6(2-4-7)8(11)5-9(12)13;/h1-4,8H,5,11H2,(H,12,13);1H3. The molecule has 0 aliphatic heterocycles. The van der Waals surface area contributed by atoms with E-state index < -0.39 is 12.0 Å². The van der Waals surface area contributed by atoms with Crippen LogP contribution in [0.15, 0.2) is 24.3 Å². The molecule has 6 N–H and O–H groups in total. The maximum atomic E-state index is 10.3. The number of aliphatic carboxylic acids is 1. The molecule has 0 aliphatic rings. The summed E-state index contributed by atoms with van der Waals surface area (Å²) in [6.07, 6.45) is -0.0678. The molecule has 4 nitrogen and oxygen atoms in total. The van der Waals surface area contributed by atoms with Gasteiger partial charge >= 0.3 is 5.97 Å². The van der Waals surface area contributed by atoms with Gasteiger partial charge in [0.1, 0.15) is 0 Å². The Morgan fingerprint density at radius 1 is 1.43 bits per heavy atom. The lowest BCUT2D eigenvalue weighted by Gasteiger charge is -2.08. The molecule has 0 saturated heterocycles. The molecule has 78 valence electrons. The van der Waals surface area contributed by atoms with Crippen LogP contribution in [0.25, 0.3) is 0 Å². The third kappa shape index (κ3) is 3.74. The molecule has 0 amide bonds. The van der Waals surface area contributed by atoms with Crippen molar-refractivity contribution in [2.75, 3.05) is 0 Å². The van der Waals surface area contributed by atoms with Crippen molar-refractivity contribution in [3.63, 3.8) is 0 Å². The zero-order valence-corrected chi connectivity index (χ0v) is 8.37. The van der Waals surface area contributed by atoms with E-state index in [2.05, 4.69) is 0 Å². The summed E-state index contributed by atoms with van der Waals surface area (Å²) in [5.74, 6) is -0.901. The number of rotatable bonds is 3. The van der Waals surface area contributed by atoms with Crippen molar-refractivity contribution in [2.45, 2.75) is 12.5 Å². The Hall–Kier alpha value is -1.10. The quantitative estimate of drug-likeness (QED) is 0.720. The van der Waals surface area contributed by atoms with Gasteiger partial charge in [0, 0.05) is 11.1 Å². The Bertz CT molecular complexity index is 300. The van der Waals surface area contributed by atoms with Crippen molar-refractivity contribution in [1.29, 1.82) is 0 Å². The summed E-state index contributed by atoms with van der Waals surface area (Å²) in [7, 11) is 0. The lowest BCUT2D eigenvalue weighted by Crippen LogP contribution is -2.14. The maximum absolute atomic E-state index is 10.3. The first-order valence-corrected chi connectivity index (χ1v) is 4.20. The molecule has 0 bridgehead atoms. The second-order valence-corrected chi connectivity index (χ2v) is 3.19. The molecule has 0 heterocycles. The van der Waals surface area contributed by atoms with Crippen LogP contribution in [0.3, 0.4) is 0 Å². The van der Waals surface area contributed by atoms with Gasteiger partial charge in [-0.25, -0.2) is 0 Å². The van der Waals surface area contributed by atoms with E-state index in [1.807, 2.05) is 0 Å². The van der Waals surface area contributed by atoms with E-state index in [1.54, 1.807) is 24.3 Å². The Balaban J connectivity index is 0.00000169. The number of nitrogens with two attached hydrogens (primary N) is 1. The van der Waals surface area contributed by atoms with Crippen molar-refractivity contribution >= 4 is 17.6 Å². The highest BCUT2D eigenvalue weighted by molar-refractivity contribution is 6.30. The summed E-state index contributed by atoms with van der Waals surface area (Å²) >= 11 is 5.66. The van der Waals surface area contributed by atoms with Crippen LogP contribution < -0.4 is 11.9 Å². The van der Waals surface area contributed by atoms with Crippen LogP contribution in [-0.4, -0.2) is 11.1 Å². The van der Waals surface area contributed by atoms with Crippen LogP contribution in [0.4, 0.5) is 0 Å². The van der Waals surface area contributed by atoms with Gasteiger partial charge in [-0.1, -0.05) is 23.7 Å². The van der Waals surface area contributed by atoms with Gasteiger partial charge in [0.15, 0.2) is 0 Å². The number of benzene rings is 1. The molecule has 0 aliphatic carbocycles. The molecule has 0 fully saturated rings. The minimum Gasteiger partial charge on any atom is -0.481 e. The second kappa shape index (κ2) is 5.59. The van der Waals surface area contributed by atoms with E-state index in [0.717, 1.165) is 5.56 Å². The van der Waals surface area contributed by atoms with E-state index in [1.165, 1.54) is 0 Å². The predicted octanol–water partition coefficient (Wildman–Crippen LogP) is 1.98. The van der Waals surface area contributed by atoms with Crippen LogP contribution in [-0.2, 0) is 4.79 Å². The number of hydrogen-bond donors (Lipinski definition) is 3. The van der Waals surface area contributed by atoms with Gasteiger partial charge in [-0.3, -0.25) is 4.79 Å². The molecule has 1 unspecified atom stereocenters. The first-order valence-electron chi connectivity index (χ1n) is 3.82. The molecular formula is C9H13ClN2O2. The summed E-state index contributed by atoms with van der Waals surface area (Å²) in [5.41, 5.74) is 6.41. The van der Waals surface area contributed by atoms with Gasteiger partial charge in [-0.15, -0.1) is 0 Å². The van der Waals surface area contributed by atoms with E-state index in [9.17, 15) is 4.79 Å². The van der Waals surface area contributed by atoms with E-state index >= 15 is 0 Å². The van der Waals surface area contributed by atoms with E-state index in [0.29, 0.717) is 5.02 Å². The highest BCUT2D eigenvalue weighted by Crippen LogP contribution is 2.16. The minimum absolute atomic E-state index is 0. The highest BCUT2D eigenvalue weighted by Gasteiger charge is 2.09. The van der Waals surface area contributed by atoms with Gasteiger partial charge in [0.2, 0.25) is 0 Å². The SMILES string of the molecule is N.NC(CC(=O)O)c1ccc(Cl)cc1.